The molecule has 0 radical (unpaired) electrons. The number of benzene rings is 1. The van der Waals surface area contributed by atoms with Crippen molar-refractivity contribution in [3.63, 3.8) is 0 Å². The minimum atomic E-state index is -2.68. The van der Waals surface area contributed by atoms with Gasteiger partial charge in [0.25, 0.3) is 0 Å². The summed E-state index contributed by atoms with van der Waals surface area (Å²) in [5.74, 6) is 0. The Bertz CT molecular complexity index is 439. The van der Waals surface area contributed by atoms with Crippen molar-refractivity contribution < 1.29 is 12.3 Å². The third-order valence-electron chi connectivity index (χ3n) is 1.12. The predicted octanol–water partition coefficient (Wildman–Crippen LogP) is 2.61. The van der Waals surface area contributed by atoms with Crippen molar-refractivity contribution in [1.82, 2.24) is 0 Å². The zero-order valence-electron chi connectivity index (χ0n) is 14.0. The summed E-state index contributed by atoms with van der Waals surface area (Å²) in [7, 11) is 0. The van der Waals surface area contributed by atoms with Gasteiger partial charge in [-0.1, -0.05) is 18.1 Å². The Morgan fingerprint density at radius 2 is 1.89 bits per heavy atom. The van der Waals surface area contributed by atoms with Gasteiger partial charge < -0.3 is 0 Å². The molecule has 0 saturated heterocycles. The van der Waals surface area contributed by atoms with Gasteiger partial charge in [-0.25, -0.2) is 0 Å². The minimum absolute atomic E-state index is 0.124. The van der Waals surface area contributed by atoms with E-state index in [0.29, 0.717) is 0 Å². The zero-order valence-corrected chi connectivity index (χ0v) is 5.00. The van der Waals surface area contributed by atoms with Crippen LogP contribution in [0.5, 0.6) is 0 Å². The van der Waals surface area contributed by atoms with Crippen LogP contribution in [0, 0.1) is 20.6 Å². The molecule has 0 unspecified atom stereocenters. The second-order valence-electron chi connectivity index (χ2n) is 1.75. The third kappa shape index (κ3) is 1.13. The summed E-state index contributed by atoms with van der Waals surface area (Å²) in [5.41, 5.74) is -1.05. The van der Waals surface area contributed by atoms with E-state index >= 15 is 0 Å². The Balaban J connectivity index is 3.83. The number of hydrogen-bond donors (Lipinski definition) is 0. The number of rotatable bonds is 0. The van der Waals surface area contributed by atoms with E-state index in [0.717, 1.165) is 0 Å². The van der Waals surface area contributed by atoms with Gasteiger partial charge in [0, 0.05) is 8.22 Å². The van der Waals surface area contributed by atoms with Crippen LogP contribution < -0.4 is 0 Å². The Morgan fingerprint density at radius 1 is 1.33 bits per heavy atom. The van der Waals surface area contributed by atoms with Crippen molar-refractivity contribution in [3.8, 4) is 0 Å². The van der Waals surface area contributed by atoms with Gasteiger partial charge in [0.05, 0.1) is 4.11 Å². The molecule has 48 valence electrons. The average molecular weight is 129 g/mol. The lowest BCUT2D eigenvalue weighted by Crippen LogP contribution is -1.82. The van der Waals surface area contributed by atoms with Crippen LogP contribution in [-0.4, -0.2) is 0 Å². The molecule has 1 aromatic carbocycles. The lowest BCUT2D eigenvalue weighted by molar-refractivity contribution is 1.27. The maximum absolute atomic E-state index is 7.58. The molecular weight excluding hydrogens is 108 g/mol. The third-order valence-corrected chi connectivity index (χ3v) is 1.12. The molecule has 0 fully saturated rings. The molecule has 1 rings (SSSR count). The zero-order chi connectivity index (χ0) is 14.5. The standard InChI is InChI=1S/C9H12/c1-7-5-4-6-8(2)9(7)3/h4-6H,1-3H3/i1D3,2D3,4D,5D,6D. The van der Waals surface area contributed by atoms with Gasteiger partial charge in [0.2, 0.25) is 0 Å². The molecule has 0 spiro atoms. The monoisotopic (exact) mass is 129 g/mol. The van der Waals surface area contributed by atoms with E-state index in [2.05, 4.69) is 0 Å². The van der Waals surface area contributed by atoms with Crippen molar-refractivity contribution in [2.45, 2.75) is 20.6 Å². The van der Waals surface area contributed by atoms with Gasteiger partial charge in [-0.2, -0.15) is 0 Å². The van der Waals surface area contributed by atoms with E-state index in [4.69, 9.17) is 12.3 Å². The maximum atomic E-state index is 7.58. The number of hydrogen-bond acceptors (Lipinski definition) is 0. The highest BCUT2D eigenvalue weighted by molar-refractivity contribution is 5.31. The van der Waals surface area contributed by atoms with Crippen LogP contribution in [0.4, 0.5) is 0 Å². The molecule has 0 amide bonds. The predicted molar refractivity (Wildman–Crippen MR) is 40.7 cm³/mol. The largest absolute Gasteiger partial charge is 0.0626 e. The fraction of sp³-hybridized carbons (Fsp3) is 0.333. The lowest BCUT2D eigenvalue weighted by atomic mass is 10.1. The molecule has 9 heavy (non-hydrogen) atoms. The Hall–Kier alpha value is -0.780. The van der Waals surface area contributed by atoms with E-state index in [1.54, 1.807) is 0 Å². The fourth-order valence-corrected chi connectivity index (χ4v) is 0.469. The summed E-state index contributed by atoms with van der Waals surface area (Å²) in [6, 6.07) is -1.88. The minimum Gasteiger partial charge on any atom is -0.0617 e. The first-order valence-corrected chi connectivity index (χ1v) is 2.50. The van der Waals surface area contributed by atoms with Crippen LogP contribution in [-0.2, 0) is 0 Å². The summed E-state index contributed by atoms with van der Waals surface area (Å²) in [5, 5.41) is 0. The summed E-state index contributed by atoms with van der Waals surface area (Å²) in [6.07, 6.45) is 0. The molecule has 0 aliphatic rings. The molecule has 0 heterocycles. The highest BCUT2D eigenvalue weighted by Crippen LogP contribution is 2.09. The molecule has 0 heteroatoms. The molecule has 0 aromatic heterocycles. The van der Waals surface area contributed by atoms with Crippen LogP contribution in [0.25, 0.3) is 0 Å². The summed E-state index contributed by atoms with van der Waals surface area (Å²) < 4.78 is 66.5. The van der Waals surface area contributed by atoms with Crippen LogP contribution >= 0.6 is 0 Å². The first-order valence-electron chi connectivity index (χ1n) is 7.00. The Morgan fingerprint density at radius 3 is 2.33 bits per heavy atom. The first kappa shape index (κ1) is 1.45. The molecule has 0 aliphatic heterocycles. The first-order chi connectivity index (χ1) is 7.89. The second kappa shape index (κ2) is 2.22. The van der Waals surface area contributed by atoms with Crippen molar-refractivity contribution in [1.29, 1.82) is 0 Å². The summed E-state index contributed by atoms with van der Waals surface area (Å²) in [6.45, 7) is -4.09. The van der Waals surface area contributed by atoms with Gasteiger partial charge in [0.15, 0.2) is 0 Å². The van der Waals surface area contributed by atoms with Crippen molar-refractivity contribution in [3.05, 3.63) is 34.8 Å². The van der Waals surface area contributed by atoms with E-state index in [-0.39, 0.29) is 5.56 Å². The fourth-order valence-electron chi connectivity index (χ4n) is 0.469. The van der Waals surface area contributed by atoms with E-state index < -0.39 is 43.0 Å². The molecule has 1 aromatic rings. The van der Waals surface area contributed by atoms with Crippen LogP contribution in [0.3, 0.4) is 0 Å². The molecule has 0 bridgehead atoms. The normalized spacial score (nSPS) is 27.0. The maximum Gasteiger partial charge on any atom is 0.0626 e. The van der Waals surface area contributed by atoms with Gasteiger partial charge in [0.1, 0.15) is 0 Å². The Labute approximate surface area is 69.2 Å². The van der Waals surface area contributed by atoms with Crippen molar-refractivity contribution in [2.24, 2.45) is 0 Å². The Kier molecular flexibility index (Phi) is 0.356. The SMILES string of the molecule is [2H]c1c([2H])c(C([2H])([2H])[2H])c(C)c(C([2H])([2H])[2H])c1[2H]. The second-order valence-corrected chi connectivity index (χ2v) is 1.75. The molecule has 0 atom stereocenters. The van der Waals surface area contributed by atoms with E-state index in [1.165, 1.54) is 6.92 Å². The highest BCUT2D eigenvalue weighted by atomic mass is 14.0. The van der Waals surface area contributed by atoms with Crippen molar-refractivity contribution >= 4 is 0 Å². The summed E-state index contributed by atoms with van der Waals surface area (Å²) in [4.78, 5) is 0. The van der Waals surface area contributed by atoms with E-state index in [1.807, 2.05) is 0 Å². The van der Waals surface area contributed by atoms with Gasteiger partial charge in [-0.15, -0.1) is 0 Å². The molecule has 0 nitrogen and oxygen atoms in total. The van der Waals surface area contributed by atoms with Gasteiger partial charge in [-0.3, -0.25) is 0 Å². The topological polar surface area (TPSA) is 0 Å². The lowest BCUT2D eigenvalue weighted by Gasteiger charge is -2.00. The van der Waals surface area contributed by atoms with Gasteiger partial charge in [-0.05, 0) is 37.3 Å². The smallest absolute Gasteiger partial charge is 0.0617 e. The van der Waals surface area contributed by atoms with Crippen LogP contribution in [0.15, 0.2) is 18.1 Å². The summed E-state index contributed by atoms with van der Waals surface area (Å²) >= 11 is 0. The average Bonchev–Trinajstić information content (AvgIpc) is 2.09. The molecule has 0 N–H and O–H groups in total. The van der Waals surface area contributed by atoms with Crippen molar-refractivity contribution in [2.75, 3.05) is 0 Å². The van der Waals surface area contributed by atoms with Crippen LogP contribution in [0.1, 0.15) is 29.0 Å². The quantitative estimate of drug-likeness (QED) is 0.505. The molecular formula is C9H12. The van der Waals surface area contributed by atoms with E-state index in [9.17, 15) is 0 Å². The highest BCUT2D eigenvalue weighted by Gasteiger charge is 1.91. The molecule has 0 saturated carbocycles. The molecule has 0 aliphatic carbocycles. The van der Waals surface area contributed by atoms with Crippen LogP contribution in [0.2, 0.25) is 0 Å². The van der Waals surface area contributed by atoms with Gasteiger partial charge >= 0.3 is 0 Å².